The number of rotatable bonds is 1. The average molecular weight is 241 g/mol. The van der Waals surface area contributed by atoms with E-state index in [2.05, 4.69) is 42.9 Å². The van der Waals surface area contributed by atoms with Crippen molar-refractivity contribution in [1.82, 2.24) is 9.97 Å². The van der Waals surface area contributed by atoms with Crippen LogP contribution in [0.3, 0.4) is 0 Å². The van der Waals surface area contributed by atoms with Crippen LogP contribution in [0.5, 0.6) is 0 Å². The zero-order chi connectivity index (χ0) is 13.4. The topological polar surface area (TPSA) is 51.8 Å². The summed E-state index contributed by atoms with van der Waals surface area (Å²) in [6.07, 6.45) is 0. The Bertz CT molecular complexity index is 592. The van der Waals surface area contributed by atoms with Crippen LogP contribution in [0.4, 0.5) is 5.69 Å². The Kier molecular flexibility index (Phi) is 3.07. The summed E-state index contributed by atoms with van der Waals surface area (Å²) in [5.74, 6) is 0.760. The SMILES string of the molecule is Cc1cc(C)c(-c2nc(C)nc(C)c2N)c(C)c1. The number of nitrogen functional groups attached to an aromatic ring is 1. The molecule has 1 heterocycles. The van der Waals surface area contributed by atoms with Crippen LogP contribution in [0.15, 0.2) is 12.1 Å². The molecule has 0 fully saturated rings. The highest BCUT2D eigenvalue weighted by Crippen LogP contribution is 2.31. The molecule has 0 aliphatic rings. The molecule has 0 radical (unpaired) electrons. The fourth-order valence-corrected chi connectivity index (χ4v) is 2.47. The number of anilines is 1. The molecule has 0 saturated carbocycles. The third kappa shape index (κ3) is 2.08. The van der Waals surface area contributed by atoms with E-state index in [1.165, 1.54) is 16.7 Å². The number of aromatic nitrogens is 2. The van der Waals surface area contributed by atoms with Crippen molar-refractivity contribution in [3.63, 3.8) is 0 Å². The minimum absolute atomic E-state index is 0.677. The Labute approximate surface area is 108 Å². The van der Waals surface area contributed by atoms with E-state index in [-0.39, 0.29) is 0 Å². The third-order valence-electron chi connectivity index (χ3n) is 3.16. The summed E-state index contributed by atoms with van der Waals surface area (Å²) < 4.78 is 0. The number of aryl methyl sites for hydroxylation is 5. The summed E-state index contributed by atoms with van der Waals surface area (Å²) in [6.45, 7) is 10.1. The van der Waals surface area contributed by atoms with E-state index >= 15 is 0 Å². The lowest BCUT2D eigenvalue weighted by Gasteiger charge is -2.14. The van der Waals surface area contributed by atoms with Gasteiger partial charge in [0.05, 0.1) is 17.1 Å². The van der Waals surface area contributed by atoms with Crippen molar-refractivity contribution >= 4 is 5.69 Å². The molecule has 0 bridgehead atoms. The smallest absolute Gasteiger partial charge is 0.126 e. The summed E-state index contributed by atoms with van der Waals surface area (Å²) in [7, 11) is 0. The van der Waals surface area contributed by atoms with Crippen LogP contribution in [0.1, 0.15) is 28.2 Å². The molecule has 1 aromatic heterocycles. The van der Waals surface area contributed by atoms with Crippen LogP contribution in [-0.2, 0) is 0 Å². The molecule has 2 rings (SSSR count). The van der Waals surface area contributed by atoms with Crippen molar-refractivity contribution in [3.05, 3.63) is 40.3 Å². The second kappa shape index (κ2) is 4.41. The van der Waals surface area contributed by atoms with E-state index in [0.717, 1.165) is 22.8 Å². The van der Waals surface area contributed by atoms with Crippen LogP contribution in [0.25, 0.3) is 11.3 Å². The van der Waals surface area contributed by atoms with Crippen LogP contribution in [-0.4, -0.2) is 9.97 Å². The molecule has 0 aliphatic carbocycles. The second-order valence-electron chi connectivity index (χ2n) is 4.89. The van der Waals surface area contributed by atoms with E-state index in [1.807, 2.05) is 13.8 Å². The average Bonchev–Trinajstić information content (AvgIpc) is 2.23. The highest BCUT2D eigenvalue weighted by molar-refractivity contribution is 5.78. The predicted octanol–water partition coefficient (Wildman–Crippen LogP) is 3.27. The van der Waals surface area contributed by atoms with Gasteiger partial charge in [-0.15, -0.1) is 0 Å². The summed E-state index contributed by atoms with van der Waals surface area (Å²) >= 11 is 0. The van der Waals surface area contributed by atoms with E-state index in [4.69, 9.17) is 5.73 Å². The molecule has 1 aromatic carbocycles. The largest absolute Gasteiger partial charge is 0.395 e. The van der Waals surface area contributed by atoms with Gasteiger partial charge in [-0.1, -0.05) is 17.7 Å². The molecule has 3 nitrogen and oxygen atoms in total. The first-order chi connectivity index (χ1) is 8.40. The zero-order valence-corrected chi connectivity index (χ0v) is 11.6. The number of hydrogen-bond donors (Lipinski definition) is 1. The summed E-state index contributed by atoms with van der Waals surface area (Å²) in [4.78, 5) is 8.82. The van der Waals surface area contributed by atoms with Crippen LogP contribution >= 0.6 is 0 Å². The molecule has 94 valence electrons. The predicted molar refractivity (Wildman–Crippen MR) is 75.6 cm³/mol. The number of nitrogens with two attached hydrogens (primary N) is 1. The molecular weight excluding hydrogens is 222 g/mol. The quantitative estimate of drug-likeness (QED) is 0.833. The molecule has 0 spiro atoms. The normalized spacial score (nSPS) is 10.7. The zero-order valence-electron chi connectivity index (χ0n) is 11.6. The van der Waals surface area contributed by atoms with Crippen LogP contribution in [0, 0.1) is 34.6 Å². The van der Waals surface area contributed by atoms with Gasteiger partial charge in [0, 0.05) is 5.56 Å². The standard InChI is InChI=1S/C15H19N3/c1-8-6-9(2)13(10(3)7-8)15-14(16)11(4)17-12(5)18-15/h6-7H,16H2,1-5H3. The first kappa shape index (κ1) is 12.6. The van der Waals surface area contributed by atoms with Crippen molar-refractivity contribution < 1.29 is 0 Å². The Hall–Kier alpha value is -1.90. The Morgan fingerprint density at radius 3 is 2.00 bits per heavy atom. The van der Waals surface area contributed by atoms with Crippen molar-refractivity contribution in [2.45, 2.75) is 34.6 Å². The van der Waals surface area contributed by atoms with E-state index in [9.17, 15) is 0 Å². The van der Waals surface area contributed by atoms with Crippen molar-refractivity contribution in [3.8, 4) is 11.3 Å². The molecular formula is C15H19N3. The molecule has 0 atom stereocenters. The fraction of sp³-hybridized carbons (Fsp3) is 0.333. The molecule has 2 N–H and O–H groups in total. The highest BCUT2D eigenvalue weighted by atomic mass is 14.9. The highest BCUT2D eigenvalue weighted by Gasteiger charge is 2.14. The lowest BCUT2D eigenvalue weighted by Crippen LogP contribution is -2.04. The molecule has 3 heteroatoms. The molecule has 0 amide bonds. The monoisotopic (exact) mass is 241 g/mol. The van der Waals surface area contributed by atoms with Gasteiger partial charge in [0.1, 0.15) is 5.82 Å². The van der Waals surface area contributed by atoms with Gasteiger partial charge in [-0.3, -0.25) is 0 Å². The summed E-state index contributed by atoms with van der Waals surface area (Å²) in [6, 6.07) is 4.32. The van der Waals surface area contributed by atoms with Gasteiger partial charge >= 0.3 is 0 Å². The van der Waals surface area contributed by atoms with Gasteiger partial charge in [-0.2, -0.15) is 0 Å². The lowest BCUT2D eigenvalue weighted by molar-refractivity contribution is 1.02. The maximum atomic E-state index is 6.13. The number of benzene rings is 1. The summed E-state index contributed by atoms with van der Waals surface area (Å²) in [5.41, 5.74) is 13.3. The Balaban J connectivity index is 2.77. The Morgan fingerprint density at radius 1 is 0.889 bits per heavy atom. The van der Waals surface area contributed by atoms with E-state index in [0.29, 0.717) is 5.69 Å². The summed E-state index contributed by atoms with van der Waals surface area (Å²) in [5, 5.41) is 0. The minimum atomic E-state index is 0.677. The van der Waals surface area contributed by atoms with Crippen molar-refractivity contribution in [1.29, 1.82) is 0 Å². The van der Waals surface area contributed by atoms with Gasteiger partial charge in [-0.25, -0.2) is 9.97 Å². The molecule has 0 aliphatic heterocycles. The first-order valence-electron chi connectivity index (χ1n) is 6.09. The minimum Gasteiger partial charge on any atom is -0.395 e. The van der Waals surface area contributed by atoms with Crippen LogP contribution in [0.2, 0.25) is 0 Å². The van der Waals surface area contributed by atoms with Gasteiger partial charge in [0.15, 0.2) is 0 Å². The van der Waals surface area contributed by atoms with Crippen LogP contribution < -0.4 is 5.73 Å². The molecule has 0 unspecified atom stereocenters. The lowest BCUT2D eigenvalue weighted by atomic mass is 9.96. The number of nitrogens with zero attached hydrogens (tertiary/aromatic N) is 2. The second-order valence-corrected chi connectivity index (χ2v) is 4.89. The van der Waals surface area contributed by atoms with E-state index < -0.39 is 0 Å². The van der Waals surface area contributed by atoms with Crippen molar-refractivity contribution in [2.75, 3.05) is 5.73 Å². The Morgan fingerprint density at radius 2 is 1.44 bits per heavy atom. The maximum absolute atomic E-state index is 6.13. The van der Waals surface area contributed by atoms with Gasteiger partial charge in [0.2, 0.25) is 0 Å². The maximum Gasteiger partial charge on any atom is 0.126 e. The number of hydrogen-bond acceptors (Lipinski definition) is 3. The molecule has 2 aromatic rings. The van der Waals surface area contributed by atoms with Gasteiger partial charge in [0.25, 0.3) is 0 Å². The van der Waals surface area contributed by atoms with E-state index in [1.54, 1.807) is 0 Å². The fourth-order valence-electron chi connectivity index (χ4n) is 2.47. The molecule has 18 heavy (non-hydrogen) atoms. The first-order valence-corrected chi connectivity index (χ1v) is 6.09. The third-order valence-corrected chi connectivity index (χ3v) is 3.16. The van der Waals surface area contributed by atoms with Crippen molar-refractivity contribution in [2.24, 2.45) is 0 Å². The van der Waals surface area contributed by atoms with Gasteiger partial charge in [-0.05, 0) is 45.7 Å². The van der Waals surface area contributed by atoms with Gasteiger partial charge < -0.3 is 5.73 Å². The molecule has 0 saturated heterocycles.